The average molecular weight is 169 g/mol. The second-order valence-electron chi connectivity index (χ2n) is 1.28. The molecule has 3 heteroatoms. The first-order chi connectivity index (χ1) is 3.93. The van der Waals surface area contributed by atoms with Crippen molar-refractivity contribution in [3.63, 3.8) is 0 Å². The van der Waals surface area contributed by atoms with Gasteiger partial charge in [0.1, 0.15) is 0 Å². The van der Waals surface area contributed by atoms with E-state index >= 15 is 0 Å². The van der Waals surface area contributed by atoms with Crippen molar-refractivity contribution in [1.82, 2.24) is 4.98 Å². The first-order valence-corrected chi connectivity index (χ1v) is 3.88. The van der Waals surface area contributed by atoms with E-state index in [0.717, 1.165) is 0 Å². The van der Waals surface area contributed by atoms with E-state index in [9.17, 15) is 3.74 Å². The maximum atomic E-state index is 10.2. The Labute approximate surface area is 53.9 Å². The molecule has 1 rings (SSSR count). The molecule has 2 nitrogen and oxygen atoms in total. The van der Waals surface area contributed by atoms with Crippen molar-refractivity contribution in [2.45, 2.75) is 0 Å². The van der Waals surface area contributed by atoms with Crippen molar-refractivity contribution >= 4 is 20.2 Å². The fourth-order valence-corrected chi connectivity index (χ4v) is 0.955. The molecule has 0 radical (unpaired) electrons. The summed E-state index contributed by atoms with van der Waals surface area (Å²) in [6.07, 6.45) is 1.64. The third kappa shape index (κ3) is 1.24. The van der Waals surface area contributed by atoms with E-state index in [1.807, 2.05) is 6.07 Å². The maximum absolute atomic E-state index is 10.2. The molecule has 0 aliphatic heterocycles. The van der Waals surface area contributed by atoms with Crippen LogP contribution in [0.25, 0.3) is 0 Å². The van der Waals surface area contributed by atoms with Crippen molar-refractivity contribution in [1.29, 1.82) is 0 Å². The molecule has 0 aromatic carbocycles. The Hall–Kier alpha value is -0.492. The van der Waals surface area contributed by atoms with Gasteiger partial charge in [-0.15, -0.1) is 0 Å². The molecule has 1 aromatic rings. The third-order valence-electron chi connectivity index (χ3n) is 0.743. The van der Waals surface area contributed by atoms with Crippen LogP contribution >= 0.6 is 0 Å². The van der Waals surface area contributed by atoms with Gasteiger partial charge in [0.2, 0.25) is 0 Å². The number of hydrogen-bond acceptors (Lipinski definition) is 2. The van der Waals surface area contributed by atoms with Crippen LogP contribution < -0.4 is 4.48 Å². The Morgan fingerprint density at radius 2 is 2.38 bits per heavy atom. The molecule has 0 spiro atoms. The van der Waals surface area contributed by atoms with Crippen LogP contribution in [-0.2, 0) is 3.74 Å². The van der Waals surface area contributed by atoms with E-state index < -0.39 is 15.7 Å². The summed E-state index contributed by atoms with van der Waals surface area (Å²) in [5.74, 6) is 0. The summed E-state index contributed by atoms with van der Waals surface area (Å²) >= 11 is -0.929. The Balaban J connectivity index is 2.99. The predicted molar refractivity (Wildman–Crippen MR) is 30.3 cm³/mol. The SMILES string of the molecule is O=[As]c1ccccn1. The van der Waals surface area contributed by atoms with E-state index in [0.29, 0.717) is 4.48 Å². The summed E-state index contributed by atoms with van der Waals surface area (Å²) in [5, 5.41) is 0. The molecule has 0 atom stereocenters. The van der Waals surface area contributed by atoms with Crippen molar-refractivity contribution in [3.8, 4) is 0 Å². The molecule has 0 aliphatic carbocycles. The molecule has 0 bridgehead atoms. The quantitative estimate of drug-likeness (QED) is 0.543. The van der Waals surface area contributed by atoms with E-state index in [1.54, 1.807) is 18.3 Å². The molecular formula is C5H4AsNO. The number of aromatic nitrogens is 1. The van der Waals surface area contributed by atoms with Crippen molar-refractivity contribution < 1.29 is 3.74 Å². The van der Waals surface area contributed by atoms with E-state index in [1.165, 1.54) is 0 Å². The van der Waals surface area contributed by atoms with Gasteiger partial charge in [0.25, 0.3) is 0 Å². The van der Waals surface area contributed by atoms with Crippen LogP contribution in [0.5, 0.6) is 0 Å². The predicted octanol–water partition coefficient (Wildman–Crippen LogP) is -0.243. The second-order valence-corrected chi connectivity index (χ2v) is 2.62. The molecule has 0 saturated heterocycles. The summed E-state index contributed by atoms with van der Waals surface area (Å²) in [6.45, 7) is 0. The molecular weight excluding hydrogens is 165 g/mol. The van der Waals surface area contributed by atoms with Crippen molar-refractivity contribution in [2.75, 3.05) is 0 Å². The average Bonchev–Trinajstić information content (AvgIpc) is 1.90. The molecule has 0 fully saturated rings. The van der Waals surface area contributed by atoms with Gasteiger partial charge in [0.05, 0.1) is 0 Å². The normalized spacial score (nSPS) is 9.50. The third-order valence-corrected chi connectivity index (χ3v) is 1.69. The summed E-state index contributed by atoms with van der Waals surface area (Å²) < 4.78 is 10.9. The van der Waals surface area contributed by atoms with Crippen LogP contribution in [0.15, 0.2) is 24.4 Å². The minimum absolute atomic E-state index is 0.698. The molecule has 8 heavy (non-hydrogen) atoms. The molecule has 0 amide bonds. The summed E-state index contributed by atoms with van der Waals surface area (Å²) in [6, 6.07) is 5.39. The second kappa shape index (κ2) is 2.73. The molecule has 0 aliphatic rings. The van der Waals surface area contributed by atoms with E-state index in [-0.39, 0.29) is 0 Å². The van der Waals surface area contributed by atoms with Gasteiger partial charge in [-0.25, -0.2) is 0 Å². The number of hydrogen-bond donors (Lipinski definition) is 0. The number of nitrogens with zero attached hydrogens (tertiary/aromatic N) is 1. The summed E-state index contributed by atoms with van der Waals surface area (Å²) in [5.41, 5.74) is 0. The molecule has 1 aromatic heterocycles. The fourth-order valence-electron chi connectivity index (χ4n) is 0.408. The fraction of sp³-hybridized carbons (Fsp3) is 0. The van der Waals surface area contributed by atoms with Crippen LogP contribution in [0.4, 0.5) is 0 Å². The molecule has 40 valence electrons. The Morgan fingerprint density at radius 1 is 1.50 bits per heavy atom. The standard InChI is InChI=1S/C5H4AsNO/c8-6-5-3-1-2-4-7-5/h1-4H. The van der Waals surface area contributed by atoms with Gasteiger partial charge in [-0.2, -0.15) is 0 Å². The number of pyridine rings is 1. The van der Waals surface area contributed by atoms with Gasteiger partial charge in [-0.1, -0.05) is 0 Å². The van der Waals surface area contributed by atoms with Crippen molar-refractivity contribution in [3.05, 3.63) is 24.4 Å². The Kier molecular flexibility index (Phi) is 1.92. The summed E-state index contributed by atoms with van der Waals surface area (Å²) in [7, 11) is 0. The van der Waals surface area contributed by atoms with E-state index in [2.05, 4.69) is 4.98 Å². The van der Waals surface area contributed by atoms with Crippen LogP contribution in [0.3, 0.4) is 0 Å². The first-order valence-electron chi connectivity index (χ1n) is 2.18. The van der Waals surface area contributed by atoms with Crippen LogP contribution in [0.2, 0.25) is 0 Å². The zero-order chi connectivity index (χ0) is 5.82. The zero-order valence-electron chi connectivity index (χ0n) is 4.11. The molecule has 1 heterocycles. The van der Waals surface area contributed by atoms with Crippen LogP contribution in [-0.4, -0.2) is 20.7 Å². The monoisotopic (exact) mass is 169 g/mol. The molecule has 0 N–H and O–H groups in total. The zero-order valence-corrected chi connectivity index (χ0v) is 5.99. The van der Waals surface area contributed by atoms with Gasteiger partial charge in [0, 0.05) is 0 Å². The van der Waals surface area contributed by atoms with Crippen molar-refractivity contribution in [2.24, 2.45) is 0 Å². The first kappa shape index (κ1) is 5.64. The van der Waals surface area contributed by atoms with E-state index in [4.69, 9.17) is 0 Å². The van der Waals surface area contributed by atoms with Crippen LogP contribution in [0, 0.1) is 0 Å². The topological polar surface area (TPSA) is 30.0 Å². The minimum atomic E-state index is -0.929. The molecule has 0 unspecified atom stereocenters. The summed E-state index contributed by atoms with van der Waals surface area (Å²) in [4.78, 5) is 3.83. The van der Waals surface area contributed by atoms with Gasteiger partial charge >= 0.3 is 53.3 Å². The Morgan fingerprint density at radius 3 is 2.75 bits per heavy atom. The van der Waals surface area contributed by atoms with Gasteiger partial charge in [-0.3, -0.25) is 0 Å². The Bertz CT molecular complexity index is 175. The van der Waals surface area contributed by atoms with Gasteiger partial charge in [-0.05, 0) is 0 Å². The molecule has 0 saturated carbocycles. The number of rotatable bonds is 1. The van der Waals surface area contributed by atoms with Gasteiger partial charge in [0.15, 0.2) is 0 Å². The van der Waals surface area contributed by atoms with Crippen LogP contribution in [0.1, 0.15) is 0 Å². The van der Waals surface area contributed by atoms with Gasteiger partial charge < -0.3 is 0 Å².